The van der Waals surface area contributed by atoms with Crippen molar-refractivity contribution >= 4 is 17.6 Å². The van der Waals surface area contributed by atoms with Gasteiger partial charge in [-0.15, -0.1) is 0 Å². The Morgan fingerprint density at radius 2 is 1.80 bits per heavy atom. The lowest BCUT2D eigenvalue weighted by molar-refractivity contribution is 0.236. The summed E-state index contributed by atoms with van der Waals surface area (Å²) >= 11 is 5.93. The van der Waals surface area contributed by atoms with Gasteiger partial charge in [-0.2, -0.15) is 0 Å². The van der Waals surface area contributed by atoms with Crippen LogP contribution in [0.4, 0.5) is 4.79 Å². The van der Waals surface area contributed by atoms with Crippen molar-refractivity contribution in [3.8, 4) is 5.75 Å². The van der Waals surface area contributed by atoms with Crippen LogP contribution in [-0.4, -0.2) is 25.7 Å². The van der Waals surface area contributed by atoms with E-state index in [-0.39, 0.29) is 6.03 Å². The maximum absolute atomic E-state index is 11.7. The molecule has 2 aromatic rings. The predicted molar refractivity (Wildman–Crippen MR) is 103 cm³/mol. The van der Waals surface area contributed by atoms with Crippen molar-refractivity contribution in [2.24, 2.45) is 0 Å². The van der Waals surface area contributed by atoms with Gasteiger partial charge in [0.25, 0.3) is 0 Å². The van der Waals surface area contributed by atoms with E-state index in [9.17, 15) is 4.79 Å². The molecule has 2 N–H and O–H groups in total. The van der Waals surface area contributed by atoms with Gasteiger partial charge in [-0.05, 0) is 47.7 Å². The van der Waals surface area contributed by atoms with E-state index in [2.05, 4.69) is 36.6 Å². The molecule has 0 aliphatic rings. The fraction of sp³-hybridized carbons (Fsp3) is 0.350. The van der Waals surface area contributed by atoms with Crippen LogP contribution in [-0.2, 0) is 6.42 Å². The maximum atomic E-state index is 11.7. The number of nitrogens with one attached hydrogen (secondary N) is 2. The van der Waals surface area contributed by atoms with Crippen molar-refractivity contribution in [2.45, 2.75) is 26.2 Å². The van der Waals surface area contributed by atoms with Crippen LogP contribution in [0, 0.1) is 0 Å². The SMILES string of the molecule is CC(C)c1ccc(OCCNC(=O)NCCc2cccc(Cl)c2)cc1. The molecule has 4 nitrogen and oxygen atoms in total. The van der Waals surface area contributed by atoms with Crippen LogP contribution in [0.15, 0.2) is 48.5 Å². The molecular formula is C20H25ClN2O2. The summed E-state index contributed by atoms with van der Waals surface area (Å²) < 4.78 is 5.62. The molecule has 2 rings (SSSR count). The van der Waals surface area contributed by atoms with Crippen LogP contribution in [0.1, 0.15) is 30.9 Å². The van der Waals surface area contributed by atoms with Crippen LogP contribution in [0.25, 0.3) is 0 Å². The van der Waals surface area contributed by atoms with Crippen LogP contribution in [0.5, 0.6) is 5.75 Å². The second-order valence-electron chi connectivity index (χ2n) is 6.13. The van der Waals surface area contributed by atoms with Gasteiger partial charge in [0.1, 0.15) is 12.4 Å². The Balaban J connectivity index is 1.59. The zero-order valence-electron chi connectivity index (χ0n) is 14.7. The molecule has 0 fully saturated rings. The number of hydrogen-bond donors (Lipinski definition) is 2. The molecule has 0 aliphatic heterocycles. The van der Waals surface area contributed by atoms with Crippen molar-refractivity contribution in [2.75, 3.05) is 19.7 Å². The van der Waals surface area contributed by atoms with Crippen LogP contribution in [0.2, 0.25) is 5.02 Å². The third kappa shape index (κ3) is 7.06. The number of ether oxygens (including phenoxy) is 1. The molecule has 0 aromatic heterocycles. The molecule has 25 heavy (non-hydrogen) atoms. The largest absolute Gasteiger partial charge is 0.492 e. The molecule has 0 heterocycles. The number of benzene rings is 2. The van der Waals surface area contributed by atoms with E-state index in [0.29, 0.717) is 30.6 Å². The zero-order chi connectivity index (χ0) is 18.1. The highest BCUT2D eigenvalue weighted by Crippen LogP contribution is 2.18. The number of carbonyl (C=O) groups is 1. The lowest BCUT2D eigenvalue weighted by atomic mass is 10.0. The Kier molecular flexibility index (Phi) is 7.61. The molecule has 0 saturated heterocycles. The minimum atomic E-state index is -0.194. The summed E-state index contributed by atoms with van der Waals surface area (Å²) in [7, 11) is 0. The lowest BCUT2D eigenvalue weighted by Crippen LogP contribution is -2.38. The first-order chi connectivity index (χ1) is 12.0. The summed E-state index contributed by atoms with van der Waals surface area (Å²) in [4.78, 5) is 11.7. The van der Waals surface area contributed by atoms with Gasteiger partial charge in [0.05, 0.1) is 6.54 Å². The highest BCUT2D eigenvalue weighted by molar-refractivity contribution is 6.30. The van der Waals surface area contributed by atoms with Crippen molar-refractivity contribution in [1.29, 1.82) is 0 Å². The second kappa shape index (κ2) is 9.94. The van der Waals surface area contributed by atoms with Gasteiger partial charge in [-0.1, -0.05) is 49.7 Å². The highest BCUT2D eigenvalue weighted by atomic mass is 35.5. The van der Waals surface area contributed by atoms with E-state index < -0.39 is 0 Å². The van der Waals surface area contributed by atoms with Crippen LogP contribution >= 0.6 is 11.6 Å². The topological polar surface area (TPSA) is 50.4 Å². The Morgan fingerprint density at radius 3 is 2.48 bits per heavy atom. The molecule has 0 bridgehead atoms. The molecule has 0 radical (unpaired) electrons. The molecular weight excluding hydrogens is 336 g/mol. The van der Waals surface area contributed by atoms with E-state index in [4.69, 9.17) is 16.3 Å². The minimum absolute atomic E-state index is 0.194. The Hall–Kier alpha value is -2.20. The lowest BCUT2D eigenvalue weighted by Gasteiger charge is -2.10. The third-order valence-corrected chi connectivity index (χ3v) is 4.03. The van der Waals surface area contributed by atoms with Crippen LogP contribution < -0.4 is 15.4 Å². The summed E-state index contributed by atoms with van der Waals surface area (Å²) in [5.41, 5.74) is 2.38. The first kappa shape index (κ1) is 19.1. The number of amides is 2. The maximum Gasteiger partial charge on any atom is 0.314 e. The number of urea groups is 1. The summed E-state index contributed by atoms with van der Waals surface area (Å²) in [5.74, 6) is 1.32. The first-order valence-electron chi connectivity index (χ1n) is 8.53. The Morgan fingerprint density at radius 1 is 1.08 bits per heavy atom. The minimum Gasteiger partial charge on any atom is -0.492 e. The molecule has 0 atom stereocenters. The molecule has 0 saturated carbocycles. The Labute approximate surface area is 154 Å². The van der Waals surface area contributed by atoms with Gasteiger partial charge in [0.15, 0.2) is 0 Å². The van der Waals surface area contributed by atoms with Crippen molar-refractivity contribution < 1.29 is 9.53 Å². The summed E-state index contributed by atoms with van der Waals surface area (Å²) in [6.45, 7) is 5.76. The molecule has 0 spiro atoms. The molecule has 2 amide bonds. The van der Waals surface area contributed by atoms with Gasteiger partial charge in [-0.3, -0.25) is 0 Å². The number of halogens is 1. The fourth-order valence-electron chi connectivity index (χ4n) is 2.36. The monoisotopic (exact) mass is 360 g/mol. The van der Waals surface area contributed by atoms with E-state index in [0.717, 1.165) is 17.7 Å². The van der Waals surface area contributed by atoms with Crippen LogP contribution in [0.3, 0.4) is 0 Å². The van der Waals surface area contributed by atoms with Gasteiger partial charge >= 0.3 is 6.03 Å². The van der Waals surface area contributed by atoms with Gasteiger partial charge in [-0.25, -0.2) is 4.79 Å². The smallest absolute Gasteiger partial charge is 0.314 e. The van der Waals surface area contributed by atoms with E-state index in [1.54, 1.807) is 0 Å². The molecule has 0 unspecified atom stereocenters. The summed E-state index contributed by atoms with van der Waals surface area (Å²) in [6, 6.07) is 15.5. The van der Waals surface area contributed by atoms with E-state index >= 15 is 0 Å². The van der Waals surface area contributed by atoms with Gasteiger partial charge < -0.3 is 15.4 Å². The predicted octanol–water partition coefficient (Wildman–Crippen LogP) is 4.38. The molecule has 0 aliphatic carbocycles. The average molecular weight is 361 g/mol. The first-order valence-corrected chi connectivity index (χ1v) is 8.91. The highest BCUT2D eigenvalue weighted by Gasteiger charge is 2.02. The summed E-state index contributed by atoms with van der Waals surface area (Å²) in [5, 5.41) is 6.31. The normalized spacial score (nSPS) is 10.6. The zero-order valence-corrected chi connectivity index (χ0v) is 15.5. The molecule has 5 heteroatoms. The Bertz CT molecular complexity index is 672. The number of carbonyl (C=O) groups excluding carboxylic acids is 1. The summed E-state index contributed by atoms with van der Waals surface area (Å²) in [6.07, 6.45) is 0.743. The van der Waals surface area contributed by atoms with Crippen molar-refractivity contribution in [3.63, 3.8) is 0 Å². The average Bonchev–Trinajstić information content (AvgIpc) is 2.59. The molecule has 134 valence electrons. The number of hydrogen-bond acceptors (Lipinski definition) is 2. The van der Waals surface area contributed by atoms with Gasteiger partial charge in [0.2, 0.25) is 0 Å². The van der Waals surface area contributed by atoms with Crippen molar-refractivity contribution in [3.05, 3.63) is 64.7 Å². The van der Waals surface area contributed by atoms with Crippen molar-refractivity contribution in [1.82, 2.24) is 10.6 Å². The number of rotatable bonds is 8. The van der Waals surface area contributed by atoms with Gasteiger partial charge in [0, 0.05) is 11.6 Å². The van der Waals surface area contributed by atoms with E-state index in [1.807, 2.05) is 36.4 Å². The molecule has 2 aromatic carbocycles. The second-order valence-corrected chi connectivity index (χ2v) is 6.57. The quantitative estimate of drug-likeness (QED) is 0.686. The third-order valence-electron chi connectivity index (χ3n) is 3.79. The standard InChI is InChI=1S/C20H25ClN2O2/c1-15(2)17-6-8-19(9-7-17)25-13-12-23-20(24)22-11-10-16-4-3-5-18(21)14-16/h3-9,14-15H,10-13H2,1-2H3,(H2,22,23,24). The fourth-order valence-corrected chi connectivity index (χ4v) is 2.57. The van der Waals surface area contributed by atoms with E-state index in [1.165, 1.54) is 5.56 Å².